The van der Waals surface area contributed by atoms with Crippen molar-refractivity contribution in [2.24, 2.45) is 0 Å². The van der Waals surface area contributed by atoms with Crippen molar-refractivity contribution in [2.45, 2.75) is 70.4 Å². The topological polar surface area (TPSA) is 110 Å². The summed E-state index contributed by atoms with van der Waals surface area (Å²) >= 11 is 1.50. The van der Waals surface area contributed by atoms with Gasteiger partial charge in [0.2, 0.25) is 0 Å². The molecular weight excluding hydrogens is 562 g/mol. The highest BCUT2D eigenvalue weighted by molar-refractivity contribution is 7.09. The van der Waals surface area contributed by atoms with Crippen molar-refractivity contribution in [1.29, 1.82) is 0 Å². The molecule has 3 N–H and O–H groups in total. The van der Waals surface area contributed by atoms with Crippen LogP contribution in [0.25, 0.3) is 11.3 Å². The molecule has 226 valence electrons. The van der Waals surface area contributed by atoms with E-state index in [4.69, 9.17) is 9.47 Å². The molecule has 0 aliphatic heterocycles. The molecule has 43 heavy (non-hydrogen) atoms. The Bertz CT molecular complexity index is 1410. The van der Waals surface area contributed by atoms with Crippen LogP contribution in [-0.2, 0) is 28.9 Å². The third kappa shape index (κ3) is 10.9. The molecule has 0 radical (unpaired) electrons. The summed E-state index contributed by atoms with van der Waals surface area (Å²) in [6, 6.07) is 26.3. The molecule has 0 bridgehead atoms. The minimum atomic E-state index is -1.03. The molecule has 0 aliphatic carbocycles. The summed E-state index contributed by atoms with van der Waals surface area (Å²) in [4.78, 5) is 30.9. The number of carbonyl (C=O) groups excluding carboxylic acids is 2. The first-order valence-corrected chi connectivity index (χ1v) is 15.2. The Morgan fingerprint density at radius 1 is 0.884 bits per heavy atom. The summed E-state index contributed by atoms with van der Waals surface area (Å²) in [7, 11) is 0. The van der Waals surface area contributed by atoms with Gasteiger partial charge in [0.1, 0.15) is 12.7 Å². The highest BCUT2D eigenvalue weighted by Gasteiger charge is 2.28. The van der Waals surface area contributed by atoms with E-state index in [0.717, 1.165) is 27.3 Å². The van der Waals surface area contributed by atoms with E-state index in [2.05, 4.69) is 15.6 Å². The predicted molar refractivity (Wildman–Crippen MR) is 169 cm³/mol. The molecule has 2 heterocycles. The van der Waals surface area contributed by atoms with Crippen LogP contribution in [0.15, 0.2) is 96.5 Å². The Labute approximate surface area is 257 Å². The maximum atomic E-state index is 12.8. The van der Waals surface area contributed by atoms with Gasteiger partial charge in [0.05, 0.1) is 17.8 Å². The number of amides is 2. The highest BCUT2D eigenvalue weighted by Crippen LogP contribution is 2.21. The highest BCUT2D eigenvalue weighted by atomic mass is 32.1. The first kappa shape index (κ1) is 31.7. The van der Waals surface area contributed by atoms with Gasteiger partial charge < -0.3 is 25.2 Å². The number of pyridine rings is 1. The van der Waals surface area contributed by atoms with Gasteiger partial charge in [-0.05, 0) is 61.9 Å². The second-order valence-electron chi connectivity index (χ2n) is 11.4. The van der Waals surface area contributed by atoms with Crippen LogP contribution >= 0.6 is 11.3 Å². The Morgan fingerprint density at radius 2 is 1.60 bits per heavy atom. The summed E-state index contributed by atoms with van der Waals surface area (Å²) < 4.78 is 11.3. The number of nitrogens with zero attached hydrogens (tertiary/aromatic N) is 1. The van der Waals surface area contributed by atoms with Crippen molar-refractivity contribution in [3.05, 3.63) is 113 Å². The Hall–Kier alpha value is -4.21. The third-order valence-corrected chi connectivity index (χ3v) is 7.47. The van der Waals surface area contributed by atoms with Crippen LogP contribution in [0.4, 0.5) is 9.59 Å². The van der Waals surface area contributed by atoms with E-state index < -0.39 is 36.0 Å². The molecule has 3 atom stereocenters. The van der Waals surface area contributed by atoms with Crippen molar-refractivity contribution in [2.75, 3.05) is 0 Å². The largest absolute Gasteiger partial charge is 0.446 e. The Balaban J connectivity index is 1.49. The van der Waals surface area contributed by atoms with Crippen LogP contribution in [0.2, 0.25) is 0 Å². The van der Waals surface area contributed by atoms with E-state index in [9.17, 15) is 14.7 Å². The molecule has 2 aromatic carbocycles. The minimum absolute atomic E-state index is 0.0995. The molecule has 0 saturated carbocycles. The fraction of sp³-hybridized carbons (Fsp3) is 0.324. The number of aliphatic hydroxyl groups excluding tert-OH is 1. The zero-order valence-electron chi connectivity index (χ0n) is 24.7. The van der Waals surface area contributed by atoms with E-state index in [1.807, 2.05) is 111 Å². The molecule has 2 aromatic heterocycles. The van der Waals surface area contributed by atoms with Crippen molar-refractivity contribution < 1.29 is 24.2 Å². The third-order valence-electron chi connectivity index (χ3n) is 6.62. The summed E-state index contributed by atoms with van der Waals surface area (Å²) in [5.41, 5.74) is 3.22. The van der Waals surface area contributed by atoms with Crippen molar-refractivity contribution in [1.82, 2.24) is 15.6 Å². The van der Waals surface area contributed by atoms with Crippen LogP contribution in [0.5, 0.6) is 0 Å². The molecule has 0 spiro atoms. The average Bonchev–Trinajstić information content (AvgIpc) is 3.50. The SMILES string of the molecule is CC(C)(C)NC(=O)O[C@@H](Cc1ccc(-c2ccccn2)cc1)C[C@H](O)[C@H](Cc1ccccc1)NC(=O)OCc1cccs1. The van der Waals surface area contributed by atoms with Gasteiger partial charge >= 0.3 is 12.2 Å². The Kier molecular flexibility index (Phi) is 11.3. The van der Waals surface area contributed by atoms with Crippen LogP contribution < -0.4 is 10.6 Å². The molecule has 0 fully saturated rings. The summed E-state index contributed by atoms with van der Waals surface area (Å²) in [6.45, 7) is 5.76. The smallest absolute Gasteiger partial charge is 0.407 e. The van der Waals surface area contributed by atoms with Gasteiger partial charge in [0, 0.05) is 35.0 Å². The second-order valence-corrected chi connectivity index (χ2v) is 12.4. The lowest BCUT2D eigenvalue weighted by Gasteiger charge is -2.29. The number of benzene rings is 2. The van der Waals surface area contributed by atoms with Crippen LogP contribution in [0.1, 0.15) is 43.2 Å². The first-order chi connectivity index (χ1) is 20.6. The van der Waals surface area contributed by atoms with Crippen LogP contribution in [-0.4, -0.2) is 46.1 Å². The number of thiophene rings is 1. The quantitative estimate of drug-likeness (QED) is 0.170. The molecule has 4 rings (SSSR count). The fourth-order valence-corrected chi connectivity index (χ4v) is 5.19. The van der Waals surface area contributed by atoms with Gasteiger partial charge in [-0.25, -0.2) is 9.59 Å². The number of aromatic nitrogens is 1. The van der Waals surface area contributed by atoms with E-state index in [1.54, 1.807) is 6.20 Å². The number of hydrogen-bond donors (Lipinski definition) is 3. The Morgan fingerprint density at radius 3 is 2.26 bits per heavy atom. The van der Waals surface area contributed by atoms with E-state index >= 15 is 0 Å². The maximum Gasteiger partial charge on any atom is 0.407 e. The molecular formula is C34H39N3O5S. The number of hydrogen-bond acceptors (Lipinski definition) is 7. The number of ether oxygens (including phenoxy) is 2. The molecule has 0 unspecified atom stereocenters. The van der Waals surface area contributed by atoms with Crippen molar-refractivity contribution in [3.63, 3.8) is 0 Å². The lowest BCUT2D eigenvalue weighted by atomic mass is 9.94. The second kappa shape index (κ2) is 15.3. The predicted octanol–water partition coefficient (Wildman–Crippen LogP) is 6.53. The van der Waals surface area contributed by atoms with Crippen molar-refractivity contribution in [3.8, 4) is 11.3 Å². The standard InChI is InChI=1S/C34H39N3O5S/c1-34(2,3)37-33(40)42-27(20-25-14-16-26(17-15-25)29-13-7-8-18-35-29)22-31(38)30(21-24-10-5-4-6-11-24)36-32(39)41-23-28-12-9-19-43-28/h4-19,27,30-31,38H,20-23H2,1-3H3,(H,36,39)(H,37,40)/t27-,30-,31-/m0/s1. The summed E-state index contributed by atoms with van der Waals surface area (Å²) in [5.74, 6) is 0. The van der Waals surface area contributed by atoms with E-state index in [0.29, 0.717) is 12.8 Å². The molecule has 2 amide bonds. The van der Waals surface area contributed by atoms with Gasteiger partial charge in [0.15, 0.2) is 0 Å². The molecule has 8 nitrogen and oxygen atoms in total. The average molecular weight is 602 g/mol. The normalized spacial score (nSPS) is 13.4. The minimum Gasteiger partial charge on any atom is -0.446 e. The van der Waals surface area contributed by atoms with Gasteiger partial charge in [-0.1, -0.05) is 66.7 Å². The molecule has 4 aromatic rings. The van der Waals surface area contributed by atoms with Gasteiger partial charge in [0.25, 0.3) is 0 Å². The van der Waals surface area contributed by atoms with Gasteiger partial charge in [-0.2, -0.15) is 0 Å². The fourth-order valence-electron chi connectivity index (χ4n) is 4.58. The summed E-state index contributed by atoms with van der Waals surface area (Å²) in [5, 5.41) is 19.1. The van der Waals surface area contributed by atoms with Crippen LogP contribution in [0, 0.1) is 0 Å². The maximum absolute atomic E-state index is 12.8. The monoisotopic (exact) mass is 601 g/mol. The number of aliphatic hydroxyl groups is 1. The van der Waals surface area contributed by atoms with Crippen molar-refractivity contribution >= 4 is 23.5 Å². The van der Waals surface area contributed by atoms with E-state index in [1.165, 1.54) is 11.3 Å². The first-order valence-electron chi connectivity index (χ1n) is 14.3. The lowest BCUT2D eigenvalue weighted by molar-refractivity contribution is 0.0344. The lowest BCUT2D eigenvalue weighted by Crippen LogP contribution is -2.47. The molecule has 0 saturated heterocycles. The zero-order chi connectivity index (χ0) is 30.7. The number of alkyl carbamates (subject to hydrolysis) is 2. The summed E-state index contributed by atoms with van der Waals surface area (Å²) in [6.07, 6.45) is -0.301. The molecule has 0 aliphatic rings. The van der Waals surface area contributed by atoms with Gasteiger partial charge in [-0.15, -0.1) is 11.3 Å². The van der Waals surface area contributed by atoms with E-state index in [-0.39, 0.29) is 13.0 Å². The number of nitrogens with one attached hydrogen (secondary N) is 2. The molecule has 9 heteroatoms. The van der Waals surface area contributed by atoms with Gasteiger partial charge in [-0.3, -0.25) is 4.98 Å². The van der Waals surface area contributed by atoms with Crippen LogP contribution in [0.3, 0.4) is 0 Å². The number of rotatable bonds is 12. The zero-order valence-corrected chi connectivity index (χ0v) is 25.6. The number of carbonyl (C=O) groups is 2.